The lowest BCUT2D eigenvalue weighted by Crippen LogP contribution is -2.24. The molecule has 1 rings (SSSR count). The summed E-state index contributed by atoms with van der Waals surface area (Å²) in [4.78, 5) is 12.0. The van der Waals surface area contributed by atoms with Crippen LogP contribution in [-0.4, -0.2) is 13.9 Å². The van der Waals surface area contributed by atoms with Crippen molar-refractivity contribution in [3.63, 3.8) is 0 Å². The van der Waals surface area contributed by atoms with E-state index in [2.05, 4.69) is 0 Å². The van der Waals surface area contributed by atoms with E-state index in [4.69, 9.17) is 7.98 Å². The lowest BCUT2D eigenvalue weighted by molar-refractivity contribution is -0.115. The number of benzene rings is 1. The molecule has 0 aliphatic heterocycles. The average molecular weight is 159 g/mol. The van der Waals surface area contributed by atoms with Crippen LogP contribution in [0.4, 0.5) is 5.69 Å². The first kappa shape index (κ1) is 8.85. The van der Waals surface area contributed by atoms with Crippen LogP contribution in [0, 0.1) is 6.92 Å². The molecule has 0 unspecified atom stereocenters. The van der Waals surface area contributed by atoms with E-state index in [9.17, 15) is 4.79 Å². The number of rotatable bonds is 1. The highest BCUT2D eigenvalue weighted by atomic mass is 16.2. The van der Waals surface area contributed by atoms with Crippen molar-refractivity contribution < 1.29 is 4.79 Å². The third kappa shape index (κ3) is 1.88. The molecular formula is C9H10BNO. The smallest absolute Gasteiger partial charge is 0.238 e. The van der Waals surface area contributed by atoms with E-state index in [1.54, 1.807) is 6.07 Å². The quantitative estimate of drug-likeness (QED) is 0.567. The molecule has 1 aromatic rings. The number of nitrogens with zero attached hydrogens (tertiary/aromatic N) is 1. The van der Waals surface area contributed by atoms with Gasteiger partial charge in [0.15, 0.2) is 0 Å². The molecule has 0 fully saturated rings. The molecule has 12 heavy (non-hydrogen) atoms. The van der Waals surface area contributed by atoms with Crippen LogP contribution in [0.2, 0.25) is 0 Å². The summed E-state index contributed by atoms with van der Waals surface area (Å²) in [7, 11) is 5.49. The van der Waals surface area contributed by atoms with Gasteiger partial charge in [0.25, 0.3) is 0 Å². The maximum Gasteiger partial charge on any atom is 0.238 e. The molecular weight excluding hydrogens is 149 g/mol. The van der Waals surface area contributed by atoms with Gasteiger partial charge in [-0.25, -0.2) is 0 Å². The minimum Gasteiger partial charge on any atom is -0.369 e. The number of aryl methyl sites for hydroxylation is 1. The van der Waals surface area contributed by atoms with Crippen molar-refractivity contribution in [3.05, 3.63) is 29.8 Å². The van der Waals surface area contributed by atoms with E-state index >= 15 is 0 Å². The fourth-order valence-corrected chi connectivity index (χ4v) is 0.960. The van der Waals surface area contributed by atoms with Gasteiger partial charge in [0, 0.05) is 12.6 Å². The van der Waals surface area contributed by atoms with E-state index in [0.29, 0.717) is 0 Å². The summed E-state index contributed by atoms with van der Waals surface area (Å²) in [5.41, 5.74) is 1.81. The van der Waals surface area contributed by atoms with Crippen LogP contribution in [0.15, 0.2) is 24.3 Å². The summed E-state index contributed by atoms with van der Waals surface area (Å²) in [5.74, 6) is -0.166. The van der Waals surface area contributed by atoms with E-state index in [-0.39, 0.29) is 5.91 Å². The van der Waals surface area contributed by atoms with E-state index in [1.807, 2.05) is 25.1 Å². The van der Waals surface area contributed by atoms with Gasteiger partial charge in [-0.05, 0) is 24.6 Å². The number of hydrogen-bond acceptors (Lipinski definition) is 1. The van der Waals surface area contributed by atoms with Gasteiger partial charge in [0.2, 0.25) is 13.9 Å². The molecule has 1 amide bonds. The molecule has 0 spiro atoms. The van der Waals surface area contributed by atoms with Crippen molar-refractivity contribution in [1.82, 2.24) is 0 Å². The fourth-order valence-electron chi connectivity index (χ4n) is 0.960. The summed E-state index contributed by atoms with van der Waals surface area (Å²) >= 11 is 0. The van der Waals surface area contributed by atoms with Gasteiger partial charge in [-0.3, -0.25) is 4.79 Å². The number of anilines is 1. The highest BCUT2D eigenvalue weighted by Crippen LogP contribution is 2.13. The molecule has 2 radical (unpaired) electrons. The Balaban J connectivity index is 2.95. The largest absolute Gasteiger partial charge is 0.369 e. The molecule has 0 saturated heterocycles. The van der Waals surface area contributed by atoms with Crippen LogP contribution >= 0.6 is 0 Å². The monoisotopic (exact) mass is 159 g/mol. The van der Waals surface area contributed by atoms with Gasteiger partial charge in [-0.2, -0.15) is 0 Å². The van der Waals surface area contributed by atoms with Gasteiger partial charge in [-0.1, -0.05) is 12.1 Å². The Morgan fingerprint density at radius 2 is 2.17 bits per heavy atom. The Kier molecular flexibility index (Phi) is 2.53. The summed E-state index contributed by atoms with van der Waals surface area (Å²) in [5, 5.41) is 0. The molecule has 2 nitrogen and oxygen atoms in total. The van der Waals surface area contributed by atoms with Crippen LogP contribution in [0.3, 0.4) is 0 Å². The van der Waals surface area contributed by atoms with Crippen LogP contribution in [-0.2, 0) is 4.79 Å². The van der Waals surface area contributed by atoms with Crippen molar-refractivity contribution in [3.8, 4) is 0 Å². The number of carbonyl (C=O) groups excluding carboxylic acids is 1. The Labute approximate surface area is 73.6 Å². The second kappa shape index (κ2) is 3.43. The van der Waals surface area contributed by atoms with Crippen molar-refractivity contribution >= 4 is 19.6 Å². The standard InChI is InChI=1S/C9H10BNO/c1-7-4-3-5-9(6-7)11(10)8(2)12/h3-6H,1-2H3. The molecule has 0 bridgehead atoms. The van der Waals surface area contributed by atoms with E-state index in [1.165, 1.54) is 6.92 Å². The molecule has 0 aromatic heterocycles. The topological polar surface area (TPSA) is 20.3 Å². The first-order chi connectivity index (χ1) is 5.61. The lowest BCUT2D eigenvalue weighted by atomic mass is 10.1. The summed E-state index contributed by atoms with van der Waals surface area (Å²) in [6.07, 6.45) is 0. The van der Waals surface area contributed by atoms with E-state index < -0.39 is 0 Å². The maximum absolute atomic E-state index is 10.9. The van der Waals surface area contributed by atoms with Gasteiger partial charge in [0.1, 0.15) is 0 Å². The molecule has 0 saturated carbocycles. The number of hydrogen-bond donors (Lipinski definition) is 0. The minimum atomic E-state index is -0.166. The Morgan fingerprint density at radius 3 is 2.67 bits per heavy atom. The van der Waals surface area contributed by atoms with Crippen LogP contribution in [0.25, 0.3) is 0 Å². The predicted octanol–water partition coefficient (Wildman–Crippen LogP) is 1.43. The molecule has 0 N–H and O–H groups in total. The third-order valence-electron chi connectivity index (χ3n) is 1.62. The first-order valence-electron chi connectivity index (χ1n) is 3.73. The first-order valence-corrected chi connectivity index (χ1v) is 3.73. The lowest BCUT2D eigenvalue weighted by Gasteiger charge is -2.15. The zero-order valence-corrected chi connectivity index (χ0v) is 7.24. The van der Waals surface area contributed by atoms with Crippen molar-refractivity contribution in [2.75, 3.05) is 4.81 Å². The second-order valence-electron chi connectivity index (χ2n) is 2.73. The average Bonchev–Trinajstić information content (AvgIpc) is 2.03. The third-order valence-corrected chi connectivity index (χ3v) is 1.62. The Bertz CT molecular complexity index is 298. The highest BCUT2D eigenvalue weighted by Gasteiger charge is 2.03. The number of amides is 1. The Hall–Kier alpha value is -1.25. The summed E-state index contributed by atoms with van der Waals surface area (Å²) < 4.78 is 0. The van der Waals surface area contributed by atoms with Gasteiger partial charge in [0.05, 0.1) is 0 Å². The molecule has 0 aliphatic rings. The van der Waals surface area contributed by atoms with E-state index in [0.717, 1.165) is 16.1 Å². The van der Waals surface area contributed by atoms with Crippen molar-refractivity contribution in [1.29, 1.82) is 0 Å². The molecule has 0 aliphatic carbocycles. The molecule has 60 valence electrons. The SMILES string of the molecule is [B]N(C(C)=O)c1cccc(C)c1. The number of carbonyl (C=O) groups is 1. The van der Waals surface area contributed by atoms with Crippen LogP contribution < -0.4 is 4.81 Å². The molecule has 3 heteroatoms. The van der Waals surface area contributed by atoms with Gasteiger partial charge < -0.3 is 4.81 Å². The zero-order valence-electron chi connectivity index (χ0n) is 7.24. The van der Waals surface area contributed by atoms with Gasteiger partial charge in [-0.15, -0.1) is 0 Å². The zero-order chi connectivity index (χ0) is 9.14. The Morgan fingerprint density at radius 1 is 1.50 bits per heavy atom. The van der Waals surface area contributed by atoms with Crippen LogP contribution in [0.1, 0.15) is 12.5 Å². The maximum atomic E-state index is 10.9. The molecule has 0 atom stereocenters. The minimum absolute atomic E-state index is 0.166. The highest BCUT2D eigenvalue weighted by molar-refractivity contribution is 6.30. The van der Waals surface area contributed by atoms with Crippen LogP contribution in [0.5, 0.6) is 0 Å². The summed E-state index contributed by atoms with van der Waals surface area (Å²) in [6, 6.07) is 7.49. The molecule has 0 heterocycles. The normalized spacial score (nSPS) is 9.50. The van der Waals surface area contributed by atoms with Crippen molar-refractivity contribution in [2.24, 2.45) is 0 Å². The van der Waals surface area contributed by atoms with Gasteiger partial charge >= 0.3 is 0 Å². The second-order valence-corrected chi connectivity index (χ2v) is 2.73. The fraction of sp³-hybridized carbons (Fsp3) is 0.222. The molecule has 1 aromatic carbocycles. The predicted molar refractivity (Wildman–Crippen MR) is 50.1 cm³/mol. The van der Waals surface area contributed by atoms with Crippen molar-refractivity contribution in [2.45, 2.75) is 13.8 Å². The summed E-state index contributed by atoms with van der Waals surface area (Å²) in [6.45, 7) is 3.39.